The van der Waals surface area contributed by atoms with Crippen molar-refractivity contribution in [3.63, 3.8) is 0 Å². The van der Waals surface area contributed by atoms with E-state index in [-0.39, 0.29) is 0 Å². The molecule has 1 aliphatic heterocycles. The Balaban J connectivity index is 1.50. The first-order valence-corrected chi connectivity index (χ1v) is 8.30. The largest absolute Gasteiger partial charge is 0.387 e. The van der Waals surface area contributed by atoms with Gasteiger partial charge in [-0.15, -0.1) is 0 Å². The number of fused-ring (bicyclic) bond motifs is 2. The number of benzene rings is 1. The second-order valence-electron chi connectivity index (χ2n) is 6.51. The van der Waals surface area contributed by atoms with E-state index in [1.54, 1.807) is 0 Å². The predicted molar refractivity (Wildman–Crippen MR) is 85.5 cm³/mol. The van der Waals surface area contributed by atoms with Crippen molar-refractivity contribution in [3.05, 3.63) is 52.8 Å². The summed E-state index contributed by atoms with van der Waals surface area (Å²) in [6.45, 7) is 4.92. The first-order valence-electron chi connectivity index (χ1n) is 8.30. The van der Waals surface area contributed by atoms with E-state index in [0.717, 1.165) is 44.6 Å². The van der Waals surface area contributed by atoms with Crippen molar-refractivity contribution in [1.29, 1.82) is 0 Å². The summed E-state index contributed by atoms with van der Waals surface area (Å²) in [6.07, 6.45) is 2.61. The van der Waals surface area contributed by atoms with Gasteiger partial charge in [0.15, 0.2) is 0 Å². The zero-order valence-corrected chi connectivity index (χ0v) is 13.1. The van der Waals surface area contributed by atoms with Gasteiger partial charge in [-0.3, -0.25) is 9.58 Å². The van der Waals surface area contributed by atoms with Crippen LogP contribution in [-0.4, -0.2) is 32.4 Å². The van der Waals surface area contributed by atoms with Gasteiger partial charge in [-0.1, -0.05) is 31.2 Å². The highest BCUT2D eigenvalue weighted by molar-refractivity contribution is 5.33. The Hall–Kier alpha value is -1.65. The van der Waals surface area contributed by atoms with Crippen LogP contribution < -0.4 is 0 Å². The molecule has 0 bridgehead atoms. The van der Waals surface area contributed by atoms with Crippen molar-refractivity contribution in [2.45, 2.75) is 51.4 Å². The number of hydrogen-bond acceptors (Lipinski definition) is 3. The van der Waals surface area contributed by atoms with E-state index in [0.29, 0.717) is 6.04 Å². The van der Waals surface area contributed by atoms with Gasteiger partial charge in [0.1, 0.15) is 0 Å². The molecular formula is C18H23N3O. The molecule has 4 heteroatoms. The molecule has 0 spiro atoms. The molecule has 0 saturated heterocycles. The zero-order valence-electron chi connectivity index (χ0n) is 13.1. The van der Waals surface area contributed by atoms with Gasteiger partial charge in [-0.05, 0) is 36.5 Å². The van der Waals surface area contributed by atoms with E-state index in [9.17, 15) is 5.11 Å². The van der Waals surface area contributed by atoms with E-state index < -0.39 is 6.10 Å². The van der Waals surface area contributed by atoms with Gasteiger partial charge in [-0.2, -0.15) is 5.10 Å². The molecule has 1 aliphatic carbocycles. The second-order valence-corrected chi connectivity index (χ2v) is 6.51. The van der Waals surface area contributed by atoms with Crippen molar-refractivity contribution in [3.8, 4) is 0 Å². The highest BCUT2D eigenvalue weighted by Crippen LogP contribution is 2.28. The molecule has 2 heterocycles. The lowest BCUT2D eigenvalue weighted by atomic mass is 10.1. The number of nitrogens with zero attached hydrogens (tertiary/aromatic N) is 3. The van der Waals surface area contributed by atoms with Crippen LogP contribution in [0.25, 0.3) is 0 Å². The van der Waals surface area contributed by atoms with Crippen LogP contribution in [0.15, 0.2) is 30.3 Å². The molecule has 2 aromatic rings. The van der Waals surface area contributed by atoms with Crippen LogP contribution in [0.3, 0.4) is 0 Å². The van der Waals surface area contributed by atoms with E-state index in [2.05, 4.69) is 45.0 Å². The molecule has 4 rings (SSSR count). The third-order valence-corrected chi connectivity index (χ3v) is 5.12. The van der Waals surface area contributed by atoms with Crippen LogP contribution in [0.2, 0.25) is 0 Å². The molecule has 0 saturated carbocycles. The summed E-state index contributed by atoms with van der Waals surface area (Å²) in [6, 6.07) is 11.5. The Morgan fingerprint density at radius 1 is 1.23 bits per heavy atom. The quantitative estimate of drug-likeness (QED) is 0.945. The highest BCUT2D eigenvalue weighted by Gasteiger charge is 2.30. The minimum absolute atomic E-state index is 0.428. The molecule has 116 valence electrons. The summed E-state index contributed by atoms with van der Waals surface area (Å²) in [5.41, 5.74) is 5.08. The van der Waals surface area contributed by atoms with Crippen LogP contribution in [0.5, 0.6) is 0 Å². The first-order chi connectivity index (χ1) is 10.7. The molecule has 0 unspecified atom stereocenters. The lowest BCUT2D eigenvalue weighted by Crippen LogP contribution is -2.41. The van der Waals surface area contributed by atoms with Gasteiger partial charge in [0.05, 0.1) is 24.0 Å². The first kappa shape index (κ1) is 14.0. The summed E-state index contributed by atoms with van der Waals surface area (Å²) in [7, 11) is 0. The Morgan fingerprint density at radius 2 is 1.95 bits per heavy atom. The van der Waals surface area contributed by atoms with E-state index in [4.69, 9.17) is 0 Å². The van der Waals surface area contributed by atoms with E-state index in [1.807, 2.05) is 6.92 Å². The molecule has 0 fully saturated rings. The van der Waals surface area contributed by atoms with Gasteiger partial charge in [0, 0.05) is 19.1 Å². The maximum absolute atomic E-state index is 9.98. The lowest BCUT2D eigenvalue weighted by Gasteiger charge is -2.32. The van der Waals surface area contributed by atoms with Crippen LogP contribution in [0.1, 0.15) is 42.0 Å². The molecule has 1 aromatic heterocycles. The number of hydrogen-bond donors (Lipinski definition) is 1. The van der Waals surface area contributed by atoms with Gasteiger partial charge in [-0.25, -0.2) is 0 Å². The smallest absolute Gasteiger partial charge is 0.0975 e. The van der Waals surface area contributed by atoms with Crippen LogP contribution in [0.4, 0.5) is 0 Å². The molecule has 0 amide bonds. The predicted octanol–water partition coefficient (Wildman–Crippen LogP) is 2.31. The maximum atomic E-state index is 9.98. The number of aromatic nitrogens is 2. The van der Waals surface area contributed by atoms with Crippen LogP contribution in [0, 0.1) is 0 Å². The molecule has 22 heavy (non-hydrogen) atoms. The molecule has 1 aromatic carbocycles. The minimum atomic E-state index is -0.428. The van der Waals surface area contributed by atoms with Crippen molar-refractivity contribution in [2.24, 2.45) is 0 Å². The fraction of sp³-hybridized carbons (Fsp3) is 0.500. The fourth-order valence-corrected chi connectivity index (χ4v) is 3.79. The average molecular weight is 297 g/mol. The highest BCUT2D eigenvalue weighted by atomic mass is 16.3. The number of rotatable bonds is 3. The van der Waals surface area contributed by atoms with Crippen molar-refractivity contribution in [1.82, 2.24) is 14.7 Å². The Bertz CT molecular complexity index is 654. The Kier molecular flexibility index (Phi) is 3.51. The standard InChI is InChI=1S/C18H23N3O/c1-2-18(22)17-11-16-12-20(7-8-21(16)19-17)15-9-13-5-3-4-6-14(13)10-15/h3-6,11,15,18,22H,2,7-10,12H2,1H3/t18-/m0/s1. The molecule has 2 aliphatic rings. The summed E-state index contributed by atoms with van der Waals surface area (Å²) >= 11 is 0. The van der Waals surface area contributed by atoms with Gasteiger partial charge < -0.3 is 5.11 Å². The SMILES string of the molecule is CC[C@H](O)c1cc2n(n1)CCN(C1Cc3ccccc3C1)C2. The maximum Gasteiger partial charge on any atom is 0.0975 e. The summed E-state index contributed by atoms with van der Waals surface area (Å²) < 4.78 is 2.08. The average Bonchev–Trinajstić information content (AvgIpc) is 3.16. The van der Waals surface area contributed by atoms with E-state index in [1.165, 1.54) is 16.8 Å². The molecular weight excluding hydrogens is 274 g/mol. The topological polar surface area (TPSA) is 41.3 Å². The fourth-order valence-electron chi connectivity index (χ4n) is 3.79. The van der Waals surface area contributed by atoms with Crippen molar-refractivity contribution >= 4 is 0 Å². The minimum Gasteiger partial charge on any atom is -0.387 e. The number of aliphatic hydroxyl groups is 1. The monoisotopic (exact) mass is 297 g/mol. The second kappa shape index (κ2) is 5.52. The normalized spacial score (nSPS) is 19.9. The Morgan fingerprint density at radius 3 is 2.64 bits per heavy atom. The summed E-state index contributed by atoms with van der Waals surface area (Å²) in [5, 5.41) is 14.5. The van der Waals surface area contributed by atoms with Crippen LogP contribution >= 0.6 is 0 Å². The molecule has 0 radical (unpaired) electrons. The van der Waals surface area contributed by atoms with Crippen LogP contribution in [-0.2, 0) is 25.9 Å². The lowest BCUT2D eigenvalue weighted by molar-refractivity contribution is 0.152. The van der Waals surface area contributed by atoms with Gasteiger partial charge >= 0.3 is 0 Å². The molecule has 4 nitrogen and oxygen atoms in total. The molecule has 1 N–H and O–H groups in total. The van der Waals surface area contributed by atoms with Crippen molar-refractivity contribution in [2.75, 3.05) is 6.54 Å². The Labute approximate surface area is 131 Å². The van der Waals surface area contributed by atoms with Crippen molar-refractivity contribution < 1.29 is 5.11 Å². The summed E-state index contributed by atoms with van der Waals surface area (Å²) in [5.74, 6) is 0. The van der Waals surface area contributed by atoms with E-state index >= 15 is 0 Å². The van der Waals surface area contributed by atoms with Gasteiger partial charge in [0.2, 0.25) is 0 Å². The van der Waals surface area contributed by atoms with Gasteiger partial charge in [0.25, 0.3) is 0 Å². The number of aliphatic hydroxyl groups excluding tert-OH is 1. The third-order valence-electron chi connectivity index (χ3n) is 5.12. The summed E-state index contributed by atoms with van der Waals surface area (Å²) in [4.78, 5) is 2.58. The zero-order chi connectivity index (χ0) is 15.1. The molecule has 1 atom stereocenters. The third kappa shape index (κ3) is 2.36.